The number of hydrogen-bond donors (Lipinski definition) is 0. The number of aromatic nitrogens is 2. The number of rotatable bonds is 3. The maximum Gasteiger partial charge on any atom is 0.224 e. The molecule has 0 saturated carbocycles. The quantitative estimate of drug-likeness (QED) is 0.790. The third-order valence-corrected chi connectivity index (χ3v) is 2.60. The summed E-state index contributed by atoms with van der Waals surface area (Å²) in [7, 11) is 0. The molecule has 0 aliphatic heterocycles. The van der Waals surface area contributed by atoms with Crippen molar-refractivity contribution in [3.8, 4) is 11.6 Å². The van der Waals surface area contributed by atoms with Gasteiger partial charge in [-0.25, -0.2) is 9.37 Å². The summed E-state index contributed by atoms with van der Waals surface area (Å²) in [5.41, 5.74) is 0.517. The molecule has 5 heteroatoms. The van der Waals surface area contributed by atoms with Gasteiger partial charge in [0.25, 0.3) is 0 Å². The van der Waals surface area contributed by atoms with Crippen LogP contribution < -0.4 is 4.74 Å². The van der Waals surface area contributed by atoms with Crippen LogP contribution in [0.3, 0.4) is 0 Å². The van der Waals surface area contributed by atoms with E-state index in [2.05, 4.69) is 9.97 Å². The smallest absolute Gasteiger partial charge is 0.224 e. The van der Waals surface area contributed by atoms with Gasteiger partial charge in [0.2, 0.25) is 5.88 Å². The van der Waals surface area contributed by atoms with Crippen molar-refractivity contribution in [2.24, 2.45) is 0 Å². The van der Waals surface area contributed by atoms with Crippen molar-refractivity contribution in [3.05, 3.63) is 46.6 Å². The van der Waals surface area contributed by atoms with Crippen molar-refractivity contribution in [2.45, 2.75) is 20.3 Å². The van der Waals surface area contributed by atoms with E-state index >= 15 is 0 Å². The first kappa shape index (κ1) is 12.8. The molecular formula is C13H12ClFN2O. The Bertz CT molecular complexity index is 575. The van der Waals surface area contributed by atoms with Crippen molar-refractivity contribution >= 4 is 11.6 Å². The lowest BCUT2D eigenvalue weighted by Crippen LogP contribution is -1.98. The fraction of sp³-hybridized carbons (Fsp3) is 0.231. The molecule has 0 saturated heterocycles. The number of aryl methyl sites for hydroxylation is 2. The number of halogens is 2. The molecule has 0 N–H and O–H groups in total. The van der Waals surface area contributed by atoms with Gasteiger partial charge in [-0.1, -0.05) is 30.7 Å². The zero-order chi connectivity index (χ0) is 13.1. The molecular weight excluding hydrogens is 255 g/mol. The minimum absolute atomic E-state index is 0.131. The maximum atomic E-state index is 13.8. The summed E-state index contributed by atoms with van der Waals surface area (Å²) in [5.74, 6) is 0.541. The minimum Gasteiger partial charge on any atom is -0.436 e. The monoisotopic (exact) mass is 266 g/mol. The second kappa shape index (κ2) is 5.31. The Hall–Kier alpha value is -1.68. The van der Waals surface area contributed by atoms with E-state index in [4.69, 9.17) is 16.3 Å². The summed E-state index contributed by atoms with van der Waals surface area (Å²) in [6, 6.07) is 6.40. The highest BCUT2D eigenvalue weighted by Gasteiger charge is 2.09. The number of nitrogens with zero attached hydrogens (tertiary/aromatic N) is 2. The Morgan fingerprint density at radius 2 is 2.11 bits per heavy atom. The first-order valence-corrected chi connectivity index (χ1v) is 5.94. The predicted octanol–water partition coefficient (Wildman–Crippen LogP) is 3.93. The van der Waals surface area contributed by atoms with Crippen molar-refractivity contribution in [1.82, 2.24) is 9.97 Å². The fourth-order valence-corrected chi connectivity index (χ4v) is 1.66. The Balaban J connectivity index is 2.34. The van der Waals surface area contributed by atoms with Gasteiger partial charge in [0, 0.05) is 12.5 Å². The van der Waals surface area contributed by atoms with E-state index in [0.717, 1.165) is 0 Å². The summed E-state index contributed by atoms with van der Waals surface area (Å²) in [4.78, 5) is 8.15. The average molecular weight is 267 g/mol. The van der Waals surface area contributed by atoms with E-state index < -0.39 is 5.82 Å². The number of hydrogen-bond acceptors (Lipinski definition) is 3. The molecule has 0 aliphatic rings. The third kappa shape index (κ3) is 2.76. The van der Waals surface area contributed by atoms with Crippen LogP contribution in [0.4, 0.5) is 4.39 Å². The van der Waals surface area contributed by atoms with Crippen LogP contribution >= 0.6 is 11.6 Å². The van der Waals surface area contributed by atoms with Gasteiger partial charge in [-0.3, -0.25) is 0 Å². The van der Waals surface area contributed by atoms with Gasteiger partial charge in [0.05, 0.1) is 0 Å². The van der Waals surface area contributed by atoms with Gasteiger partial charge in [-0.05, 0) is 18.6 Å². The van der Waals surface area contributed by atoms with Gasteiger partial charge in [0.1, 0.15) is 11.0 Å². The van der Waals surface area contributed by atoms with E-state index in [1.54, 1.807) is 25.1 Å². The molecule has 94 valence electrons. The lowest BCUT2D eigenvalue weighted by atomic mass is 10.2. The van der Waals surface area contributed by atoms with E-state index in [1.807, 2.05) is 6.92 Å². The molecule has 3 nitrogen and oxygen atoms in total. The summed E-state index contributed by atoms with van der Waals surface area (Å²) < 4.78 is 19.2. The van der Waals surface area contributed by atoms with E-state index in [0.29, 0.717) is 17.8 Å². The lowest BCUT2D eigenvalue weighted by Gasteiger charge is -2.08. The molecule has 0 aliphatic carbocycles. The molecule has 0 bridgehead atoms. The van der Waals surface area contributed by atoms with Crippen molar-refractivity contribution in [2.75, 3.05) is 0 Å². The highest BCUT2D eigenvalue weighted by atomic mass is 35.5. The van der Waals surface area contributed by atoms with Gasteiger partial charge < -0.3 is 4.74 Å². The van der Waals surface area contributed by atoms with Gasteiger partial charge >= 0.3 is 0 Å². The molecule has 2 aromatic rings. The van der Waals surface area contributed by atoms with Gasteiger partial charge in [-0.2, -0.15) is 4.98 Å². The maximum absolute atomic E-state index is 13.8. The molecule has 0 radical (unpaired) electrons. The summed E-state index contributed by atoms with van der Waals surface area (Å²) in [5, 5.41) is 0.282. The first-order chi connectivity index (χ1) is 8.60. The van der Waals surface area contributed by atoms with E-state index in [9.17, 15) is 4.39 Å². The van der Waals surface area contributed by atoms with Crippen LogP contribution in [0.25, 0.3) is 0 Å². The van der Waals surface area contributed by atoms with E-state index in [1.165, 1.54) is 6.07 Å². The van der Waals surface area contributed by atoms with Crippen LogP contribution in [-0.4, -0.2) is 9.97 Å². The average Bonchev–Trinajstić information content (AvgIpc) is 2.34. The number of ether oxygens (including phenoxy) is 1. The van der Waals surface area contributed by atoms with Gasteiger partial charge in [-0.15, -0.1) is 0 Å². The van der Waals surface area contributed by atoms with Crippen molar-refractivity contribution < 1.29 is 9.13 Å². The summed E-state index contributed by atoms with van der Waals surface area (Å²) >= 11 is 5.84. The largest absolute Gasteiger partial charge is 0.436 e. The Kier molecular flexibility index (Phi) is 3.77. The highest BCUT2D eigenvalue weighted by molar-refractivity contribution is 6.29. The highest BCUT2D eigenvalue weighted by Crippen LogP contribution is 2.26. The number of benzene rings is 1. The van der Waals surface area contributed by atoms with Crippen LogP contribution in [0.15, 0.2) is 24.3 Å². The van der Waals surface area contributed by atoms with Crippen molar-refractivity contribution in [3.63, 3.8) is 0 Å². The fourth-order valence-electron chi connectivity index (χ4n) is 1.46. The van der Waals surface area contributed by atoms with E-state index in [-0.39, 0.29) is 16.8 Å². The van der Waals surface area contributed by atoms with Gasteiger partial charge in [0.15, 0.2) is 11.6 Å². The van der Waals surface area contributed by atoms with Crippen LogP contribution in [0.1, 0.15) is 18.3 Å². The predicted molar refractivity (Wildman–Crippen MR) is 67.6 cm³/mol. The molecule has 1 heterocycles. The molecule has 1 aromatic heterocycles. The lowest BCUT2D eigenvalue weighted by molar-refractivity contribution is 0.423. The summed E-state index contributed by atoms with van der Waals surface area (Å²) in [6.07, 6.45) is 0.632. The van der Waals surface area contributed by atoms with Crippen molar-refractivity contribution in [1.29, 1.82) is 0 Å². The molecule has 1 aromatic carbocycles. The zero-order valence-electron chi connectivity index (χ0n) is 10.1. The van der Waals surface area contributed by atoms with Crippen LogP contribution in [0, 0.1) is 12.7 Å². The molecule has 0 atom stereocenters. The van der Waals surface area contributed by atoms with Crippen LogP contribution in [0.2, 0.25) is 5.15 Å². The molecule has 0 unspecified atom stereocenters. The molecule has 0 fully saturated rings. The molecule has 2 rings (SSSR count). The molecule has 0 spiro atoms. The Labute approximate surface area is 110 Å². The summed E-state index contributed by atoms with van der Waals surface area (Å²) in [6.45, 7) is 3.58. The molecule has 0 amide bonds. The topological polar surface area (TPSA) is 35.0 Å². The normalized spacial score (nSPS) is 10.4. The van der Waals surface area contributed by atoms with Crippen LogP contribution in [0.5, 0.6) is 11.6 Å². The minimum atomic E-state index is -0.398. The third-order valence-electron chi connectivity index (χ3n) is 2.40. The Morgan fingerprint density at radius 1 is 1.33 bits per heavy atom. The molecule has 18 heavy (non-hydrogen) atoms. The standard InChI is InChI=1S/C13H12ClFN2O/c1-3-11-16-10(14)7-12(17-11)18-9-6-4-5-8(2)13(9)15/h4-7H,3H2,1-2H3. The second-order valence-corrected chi connectivity index (χ2v) is 4.18. The zero-order valence-corrected chi connectivity index (χ0v) is 10.8. The SMILES string of the molecule is CCc1nc(Cl)cc(Oc2cccc(C)c2F)n1. The first-order valence-electron chi connectivity index (χ1n) is 5.56. The van der Waals surface area contributed by atoms with Crippen LogP contribution in [-0.2, 0) is 6.42 Å². The Morgan fingerprint density at radius 3 is 2.83 bits per heavy atom. The second-order valence-electron chi connectivity index (χ2n) is 3.79.